The van der Waals surface area contributed by atoms with Gasteiger partial charge >= 0.3 is 0 Å². The number of carbonyl (C=O) groups is 1. The van der Waals surface area contributed by atoms with Crippen molar-refractivity contribution in [2.24, 2.45) is 0 Å². The van der Waals surface area contributed by atoms with Gasteiger partial charge in [-0.3, -0.25) is 4.79 Å². The van der Waals surface area contributed by atoms with Crippen LogP contribution in [0.2, 0.25) is 0 Å². The van der Waals surface area contributed by atoms with Gasteiger partial charge in [-0.1, -0.05) is 12.1 Å². The number of hydrogen-bond acceptors (Lipinski definition) is 3. The topological polar surface area (TPSA) is 39.4 Å². The molecule has 3 heteroatoms. The zero-order valence-corrected chi connectivity index (χ0v) is 10.6. The highest BCUT2D eigenvalue weighted by Gasteiger charge is 2.12. The van der Waals surface area contributed by atoms with Crippen molar-refractivity contribution in [2.45, 2.75) is 19.8 Å². The molecule has 0 radical (unpaired) electrons. The molecule has 2 aromatic rings. The van der Waals surface area contributed by atoms with E-state index in [4.69, 9.17) is 9.15 Å². The fraction of sp³-hybridized carbons (Fsp3) is 0.267. The van der Waals surface area contributed by atoms with Crippen LogP contribution < -0.4 is 4.74 Å². The Bertz CT molecular complexity index is 523. The number of methoxy groups -OCH3 is 1. The standard InChI is InChI=1S/C15H16O3/c1-11-9-10-18-15(11)14(16)8-5-12-3-6-13(17-2)7-4-12/h3-4,6-7,9-10H,5,8H2,1-2H3. The third-order valence-electron chi connectivity index (χ3n) is 2.92. The van der Waals surface area contributed by atoms with E-state index in [9.17, 15) is 4.79 Å². The lowest BCUT2D eigenvalue weighted by atomic mass is 10.1. The molecule has 1 aromatic heterocycles. The number of benzene rings is 1. The quantitative estimate of drug-likeness (QED) is 0.756. The van der Waals surface area contributed by atoms with Gasteiger partial charge in [0.1, 0.15) is 5.75 Å². The van der Waals surface area contributed by atoms with Gasteiger partial charge in [0, 0.05) is 6.42 Å². The predicted octanol–water partition coefficient (Wildman–Crippen LogP) is 3.41. The summed E-state index contributed by atoms with van der Waals surface area (Å²) in [5, 5.41) is 0. The van der Waals surface area contributed by atoms with Crippen LogP contribution in [0.1, 0.15) is 28.1 Å². The number of ketones is 1. The maximum Gasteiger partial charge on any atom is 0.198 e. The summed E-state index contributed by atoms with van der Waals surface area (Å²) in [5.41, 5.74) is 2.02. The Morgan fingerprint density at radius 3 is 2.50 bits per heavy atom. The Balaban J connectivity index is 1.95. The van der Waals surface area contributed by atoms with E-state index in [1.807, 2.05) is 31.2 Å². The van der Waals surface area contributed by atoms with Crippen molar-refractivity contribution in [3.05, 3.63) is 53.5 Å². The Hall–Kier alpha value is -2.03. The van der Waals surface area contributed by atoms with Crippen molar-refractivity contribution in [1.82, 2.24) is 0 Å². The summed E-state index contributed by atoms with van der Waals surface area (Å²) < 4.78 is 10.3. The zero-order valence-electron chi connectivity index (χ0n) is 10.6. The number of furan rings is 1. The van der Waals surface area contributed by atoms with Gasteiger partial charge in [0.25, 0.3) is 0 Å². The van der Waals surface area contributed by atoms with Gasteiger partial charge in [-0.05, 0) is 42.7 Å². The van der Waals surface area contributed by atoms with E-state index in [-0.39, 0.29) is 5.78 Å². The minimum Gasteiger partial charge on any atom is -0.497 e. The van der Waals surface area contributed by atoms with Crippen LogP contribution in [0.15, 0.2) is 41.0 Å². The molecule has 18 heavy (non-hydrogen) atoms. The molecule has 0 aliphatic heterocycles. The summed E-state index contributed by atoms with van der Waals surface area (Å²) >= 11 is 0. The van der Waals surface area contributed by atoms with E-state index >= 15 is 0 Å². The average Bonchev–Trinajstić information content (AvgIpc) is 2.83. The molecule has 0 aliphatic carbocycles. The van der Waals surface area contributed by atoms with Gasteiger partial charge in [-0.2, -0.15) is 0 Å². The minimum atomic E-state index is 0.0494. The molecule has 0 amide bonds. The number of hydrogen-bond donors (Lipinski definition) is 0. The molecule has 0 bridgehead atoms. The molecule has 0 atom stereocenters. The average molecular weight is 244 g/mol. The monoisotopic (exact) mass is 244 g/mol. The Morgan fingerprint density at radius 1 is 1.22 bits per heavy atom. The molecule has 0 saturated carbocycles. The maximum atomic E-state index is 11.9. The summed E-state index contributed by atoms with van der Waals surface area (Å²) in [7, 11) is 1.64. The molecule has 0 unspecified atom stereocenters. The highest BCUT2D eigenvalue weighted by Crippen LogP contribution is 2.15. The van der Waals surface area contributed by atoms with E-state index in [2.05, 4.69) is 0 Å². The fourth-order valence-corrected chi connectivity index (χ4v) is 1.82. The lowest BCUT2D eigenvalue weighted by Crippen LogP contribution is -2.01. The summed E-state index contributed by atoms with van der Waals surface area (Å²) in [6.07, 6.45) is 2.72. The van der Waals surface area contributed by atoms with E-state index in [0.717, 1.165) is 16.9 Å². The second kappa shape index (κ2) is 5.54. The zero-order chi connectivity index (χ0) is 13.0. The summed E-state index contributed by atoms with van der Waals surface area (Å²) in [5.74, 6) is 1.35. The Labute approximate surface area is 106 Å². The van der Waals surface area contributed by atoms with Crippen molar-refractivity contribution >= 4 is 5.78 Å². The molecule has 2 rings (SSSR count). The van der Waals surface area contributed by atoms with Crippen LogP contribution in [0.25, 0.3) is 0 Å². The largest absolute Gasteiger partial charge is 0.497 e. The second-order valence-electron chi connectivity index (χ2n) is 4.20. The van der Waals surface area contributed by atoms with Crippen LogP contribution in [0.3, 0.4) is 0 Å². The van der Waals surface area contributed by atoms with E-state index in [1.54, 1.807) is 19.4 Å². The third kappa shape index (κ3) is 2.80. The van der Waals surface area contributed by atoms with Gasteiger partial charge in [0.05, 0.1) is 13.4 Å². The number of Topliss-reactive ketones (excluding diaryl/α,β-unsaturated/α-hetero) is 1. The molecular formula is C15H16O3. The van der Waals surface area contributed by atoms with E-state index in [0.29, 0.717) is 18.6 Å². The van der Waals surface area contributed by atoms with Crippen molar-refractivity contribution in [3.8, 4) is 5.75 Å². The van der Waals surface area contributed by atoms with Gasteiger partial charge in [-0.15, -0.1) is 0 Å². The first-order chi connectivity index (χ1) is 8.70. The summed E-state index contributed by atoms with van der Waals surface area (Å²) in [4.78, 5) is 11.9. The summed E-state index contributed by atoms with van der Waals surface area (Å²) in [6, 6.07) is 9.55. The molecule has 3 nitrogen and oxygen atoms in total. The lowest BCUT2D eigenvalue weighted by Gasteiger charge is -2.03. The molecule has 1 heterocycles. The second-order valence-corrected chi connectivity index (χ2v) is 4.20. The van der Waals surface area contributed by atoms with Crippen LogP contribution in [0.5, 0.6) is 5.75 Å². The highest BCUT2D eigenvalue weighted by molar-refractivity contribution is 5.94. The highest BCUT2D eigenvalue weighted by atomic mass is 16.5. The first-order valence-electron chi connectivity index (χ1n) is 5.91. The van der Waals surface area contributed by atoms with E-state index < -0.39 is 0 Å². The van der Waals surface area contributed by atoms with Crippen LogP contribution in [0, 0.1) is 6.92 Å². The number of rotatable bonds is 5. The van der Waals surface area contributed by atoms with Crippen LogP contribution >= 0.6 is 0 Å². The van der Waals surface area contributed by atoms with Crippen LogP contribution in [0.4, 0.5) is 0 Å². The Kier molecular flexibility index (Phi) is 3.82. The molecule has 0 saturated heterocycles. The number of ether oxygens (including phenoxy) is 1. The molecule has 0 N–H and O–H groups in total. The summed E-state index contributed by atoms with van der Waals surface area (Å²) in [6.45, 7) is 1.88. The SMILES string of the molecule is COc1ccc(CCC(=O)c2occc2C)cc1. The third-order valence-corrected chi connectivity index (χ3v) is 2.92. The van der Waals surface area contributed by atoms with Crippen LogP contribution in [-0.2, 0) is 6.42 Å². The minimum absolute atomic E-state index is 0.0494. The normalized spacial score (nSPS) is 10.3. The first-order valence-corrected chi connectivity index (χ1v) is 5.91. The van der Waals surface area contributed by atoms with Gasteiger partial charge in [0.15, 0.2) is 11.5 Å². The lowest BCUT2D eigenvalue weighted by molar-refractivity contribution is 0.0955. The van der Waals surface area contributed by atoms with Crippen molar-refractivity contribution in [1.29, 1.82) is 0 Å². The molecule has 0 spiro atoms. The van der Waals surface area contributed by atoms with Gasteiger partial charge in [-0.25, -0.2) is 0 Å². The fourth-order valence-electron chi connectivity index (χ4n) is 1.82. The van der Waals surface area contributed by atoms with Crippen LogP contribution in [-0.4, -0.2) is 12.9 Å². The Morgan fingerprint density at radius 2 is 1.94 bits per heavy atom. The molecule has 94 valence electrons. The van der Waals surface area contributed by atoms with E-state index in [1.165, 1.54) is 0 Å². The number of carbonyl (C=O) groups excluding carboxylic acids is 1. The van der Waals surface area contributed by atoms with Crippen molar-refractivity contribution < 1.29 is 13.9 Å². The molecule has 0 fully saturated rings. The maximum absolute atomic E-state index is 11.9. The van der Waals surface area contributed by atoms with Gasteiger partial charge in [0.2, 0.25) is 0 Å². The smallest absolute Gasteiger partial charge is 0.198 e. The van der Waals surface area contributed by atoms with Crippen molar-refractivity contribution in [2.75, 3.05) is 7.11 Å². The number of aryl methyl sites for hydroxylation is 2. The molecule has 0 aliphatic rings. The van der Waals surface area contributed by atoms with Crippen molar-refractivity contribution in [3.63, 3.8) is 0 Å². The molecule has 1 aromatic carbocycles. The molecular weight excluding hydrogens is 228 g/mol. The first kappa shape index (κ1) is 12.4. The van der Waals surface area contributed by atoms with Gasteiger partial charge < -0.3 is 9.15 Å². The predicted molar refractivity (Wildman–Crippen MR) is 69.1 cm³/mol.